The molecule has 3 aromatic rings. The van der Waals surface area contributed by atoms with Gasteiger partial charge in [-0.05, 0) is 44.9 Å². The lowest BCUT2D eigenvalue weighted by Crippen LogP contribution is -2.48. The fourth-order valence-electron chi connectivity index (χ4n) is 2.80. The fraction of sp³-hybridized carbons (Fsp3) is 0.0667. The van der Waals surface area contributed by atoms with E-state index in [0.717, 1.165) is 9.75 Å². The van der Waals surface area contributed by atoms with Crippen LogP contribution in [0.2, 0.25) is 5.02 Å². The highest BCUT2D eigenvalue weighted by molar-refractivity contribution is 9.10. The van der Waals surface area contributed by atoms with Crippen molar-refractivity contribution >= 4 is 56.1 Å². The zero-order chi connectivity index (χ0) is 16.2. The van der Waals surface area contributed by atoms with Crippen molar-refractivity contribution in [1.29, 1.82) is 0 Å². The Bertz CT molecular complexity index is 930. The van der Waals surface area contributed by atoms with Crippen molar-refractivity contribution in [1.82, 2.24) is 9.88 Å². The first-order chi connectivity index (χ1) is 11.1. The summed E-state index contributed by atoms with van der Waals surface area (Å²) in [5.74, 6) is -0.360. The molecule has 0 unspecified atom stereocenters. The van der Waals surface area contributed by atoms with E-state index in [9.17, 15) is 9.59 Å². The zero-order valence-electron chi connectivity index (χ0n) is 11.4. The number of aromatic nitrogens is 1. The van der Waals surface area contributed by atoms with Gasteiger partial charge in [-0.15, -0.1) is 22.7 Å². The molecule has 0 aromatic carbocycles. The predicted octanol–water partition coefficient (Wildman–Crippen LogP) is 3.88. The minimum absolute atomic E-state index is 0.182. The molecule has 1 aliphatic heterocycles. The van der Waals surface area contributed by atoms with E-state index in [1.165, 1.54) is 33.3 Å². The largest absolute Gasteiger partial charge is 0.318 e. The van der Waals surface area contributed by atoms with Gasteiger partial charge < -0.3 is 5.32 Å². The number of fused-ring (bicyclic) bond motifs is 1. The van der Waals surface area contributed by atoms with Crippen molar-refractivity contribution in [3.63, 3.8) is 0 Å². The van der Waals surface area contributed by atoms with Crippen molar-refractivity contribution < 1.29 is 4.79 Å². The maximum atomic E-state index is 12.8. The van der Waals surface area contributed by atoms with E-state index in [0.29, 0.717) is 4.47 Å². The molecule has 23 heavy (non-hydrogen) atoms. The molecule has 0 radical (unpaired) electrons. The van der Waals surface area contributed by atoms with Crippen LogP contribution in [0.5, 0.6) is 0 Å². The van der Waals surface area contributed by atoms with Crippen molar-refractivity contribution in [3.05, 3.63) is 76.4 Å². The summed E-state index contributed by atoms with van der Waals surface area (Å²) in [7, 11) is 0. The third-order valence-corrected chi connectivity index (χ3v) is 6.52. The second kappa shape index (κ2) is 5.31. The molecule has 8 heteroatoms. The first-order valence-electron chi connectivity index (χ1n) is 6.57. The Morgan fingerprint density at radius 1 is 1.13 bits per heavy atom. The minimum Gasteiger partial charge on any atom is -0.318 e. The molecule has 0 saturated carbocycles. The molecule has 4 heterocycles. The average Bonchev–Trinajstić information content (AvgIpc) is 3.24. The summed E-state index contributed by atoms with van der Waals surface area (Å²) >= 11 is 12.5. The zero-order valence-corrected chi connectivity index (χ0v) is 15.4. The number of hydrogen-bond donors (Lipinski definition) is 1. The third kappa shape index (κ3) is 2.00. The predicted molar refractivity (Wildman–Crippen MR) is 95.7 cm³/mol. The number of hydrogen-bond acceptors (Lipinski definition) is 4. The number of carbonyl (C=O) groups is 1. The van der Waals surface area contributed by atoms with Crippen LogP contribution < -0.4 is 10.9 Å². The van der Waals surface area contributed by atoms with E-state index < -0.39 is 5.66 Å². The molecule has 1 amide bonds. The van der Waals surface area contributed by atoms with Crippen molar-refractivity contribution in [3.8, 4) is 0 Å². The van der Waals surface area contributed by atoms with Gasteiger partial charge in [0.2, 0.25) is 0 Å². The van der Waals surface area contributed by atoms with Gasteiger partial charge in [-0.2, -0.15) is 0 Å². The smallest absolute Gasteiger partial charge is 0.272 e. The number of amides is 1. The molecular weight excluding hydrogens is 420 g/mol. The Labute approximate surface area is 152 Å². The van der Waals surface area contributed by atoms with Gasteiger partial charge >= 0.3 is 0 Å². The van der Waals surface area contributed by atoms with Gasteiger partial charge in [0.1, 0.15) is 5.69 Å². The molecule has 0 atom stereocenters. The van der Waals surface area contributed by atoms with Crippen LogP contribution in [0, 0.1) is 0 Å². The quantitative estimate of drug-likeness (QED) is 0.675. The van der Waals surface area contributed by atoms with Crippen molar-refractivity contribution in [2.24, 2.45) is 0 Å². The van der Waals surface area contributed by atoms with Crippen LogP contribution in [0.1, 0.15) is 20.2 Å². The van der Waals surface area contributed by atoms with E-state index in [4.69, 9.17) is 11.6 Å². The van der Waals surface area contributed by atoms with Gasteiger partial charge in [-0.1, -0.05) is 23.7 Å². The Kier molecular flexibility index (Phi) is 3.49. The van der Waals surface area contributed by atoms with E-state index in [1.807, 2.05) is 35.0 Å². The minimum atomic E-state index is -1.06. The van der Waals surface area contributed by atoms with Crippen molar-refractivity contribution in [2.75, 3.05) is 0 Å². The van der Waals surface area contributed by atoms with E-state index in [2.05, 4.69) is 21.2 Å². The summed E-state index contributed by atoms with van der Waals surface area (Å²) < 4.78 is 1.78. The Balaban J connectivity index is 2.18. The first-order valence-corrected chi connectivity index (χ1v) is 9.50. The monoisotopic (exact) mass is 426 g/mol. The van der Waals surface area contributed by atoms with Gasteiger partial charge in [0.15, 0.2) is 5.66 Å². The molecule has 0 aliphatic carbocycles. The van der Waals surface area contributed by atoms with Crippen LogP contribution in [-0.4, -0.2) is 10.5 Å². The lowest BCUT2D eigenvalue weighted by Gasteiger charge is -2.29. The van der Waals surface area contributed by atoms with Crippen LogP contribution in [0.15, 0.2) is 50.4 Å². The first kappa shape index (κ1) is 15.1. The number of rotatable bonds is 2. The topological polar surface area (TPSA) is 51.1 Å². The SMILES string of the molecule is O=C1NC(c2cccs2)(c2cccs2)n2c1c(Cl)cc(Br)c2=O. The van der Waals surface area contributed by atoms with Gasteiger partial charge in [0, 0.05) is 0 Å². The molecule has 0 saturated heterocycles. The van der Waals surface area contributed by atoms with E-state index in [1.54, 1.807) is 0 Å². The van der Waals surface area contributed by atoms with Crippen LogP contribution in [-0.2, 0) is 5.66 Å². The summed E-state index contributed by atoms with van der Waals surface area (Å²) in [6, 6.07) is 9.06. The van der Waals surface area contributed by atoms with Gasteiger partial charge in [-0.3, -0.25) is 14.2 Å². The second-order valence-electron chi connectivity index (χ2n) is 4.95. The number of nitrogens with zero attached hydrogens (tertiary/aromatic N) is 1. The highest BCUT2D eigenvalue weighted by Gasteiger charge is 2.49. The molecule has 0 fully saturated rings. The van der Waals surface area contributed by atoms with Crippen LogP contribution in [0.4, 0.5) is 0 Å². The Hall–Kier alpha value is -1.41. The lowest BCUT2D eigenvalue weighted by molar-refractivity contribution is 0.0948. The normalized spacial score (nSPS) is 15.5. The summed E-state index contributed by atoms with van der Waals surface area (Å²) in [5.41, 5.74) is -1.18. The Morgan fingerprint density at radius 3 is 2.26 bits per heavy atom. The van der Waals surface area contributed by atoms with Crippen LogP contribution in [0.25, 0.3) is 0 Å². The van der Waals surface area contributed by atoms with E-state index in [-0.39, 0.29) is 22.2 Å². The summed E-state index contributed by atoms with van der Waals surface area (Å²) in [4.78, 5) is 27.1. The van der Waals surface area contributed by atoms with Crippen molar-refractivity contribution in [2.45, 2.75) is 5.66 Å². The standard InChI is InChI=1S/C15H8BrClN2O2S2/c16-8-7-9(17)12-13(20)18-15(19(12)14(8)21,10-3-1-5-22-10)11-4-2-6-23-11/h1-7H,(H,18,20). The summed E-state index contributed by atoms with van der Waals surface area (Å²) in [6.07, 6.45) is 0. The van der Waals surface area contributed by atoms with Gasteiger partial charge in [0.05, 0.1) is 19.2 Å². The fourth-order valence-corrected chi connectivity index (χ4v) is 5.45. The highest BCUT2D eigenvalue weighted by atomic mass is 79.9. The number of pyridine rings is 1. The maximum absolute atomic E-state index is 12.8. The molecule has 3 aromatic heterocycles. The third-order valence-electron chi connectivity index (χ3n) is 3.71. The maximum Gasteiger partial charge on any atom is 0.272 e. The number of carbonyl (C=O) groups excluding carboxylic acids is 1. The second-order valence-corrected chi connectivity index (χ2v) is 8.11. The summed E-state index contributed by atoms with van der Waals surface area (Å²) in [5, 5.41) is 7.06. The van der Waals surface area contributed by atoms with Crippen LogP contribution in [0.3, 0.4) is 0 Å². The highest BCUT2D eigenvalue weighted by Crippen LogP contribution is 2.41. The summed E-state index contributed by atoms with van der Waals surface area (Å²) in [6.45, 7) is 0. The molecular formula is C15H8BrClN2O2S2. The Morgan fingerprint density at radius 2 is 1.74 bits per heavy atom. The van der Waals surface area contributed by atoms with Gasteiger partial charge in [-0.25, -0.2) is 0 Å². The molecule has 4 nitrogen and oxygen atoms in total. The lowest BCUT2D eigenvalue weighted by atomic mass is 10.1. The number of halogens is 2. The van der Waals surface area contributed by atoms with Gasteiger partial charge in [0.25, 0.3) is 11.5 Å². The average molecular weight is 428 g/mol. The molecule has 116 valence electrons. The molecule has 1 aliphatic rings. The number of nitrogens with one attached hydrogen (secondary N) is 1. The molecule has 0 bridgehead atoms. The van der Waals surface area contributed by atoms with Crippen LogP contribution >= 0.6 is 50.2 Å². The van der Waals surface area contributed by atoms with E-state index >= 15 is 0 Å². The molecule has 4 rings (SSSR count). The molecule has 0 spiro atoms. The number of thiophene rings is 2. The molecule has 1 N–H and O–H groups in total.